The molecular formula is C12H13N5. The fourth-order valence-electron chi connectivity index (χ4n) is 2.69. The summed E-state index contributed by atoms with van der Waals surface area (Å²) in [7, 11) is 0. The van der Waals surface area contributed by atoms with E-state index in [2.05, 4.69) is 30.7 Å². The maximum Gasteiger partial charge on any atom is 0.156 e. The number of nitrogens with zero attached hydrogens (tertiary/aromatic N) is 3. The second kappa shape index (κ2) is 3.30. The van der Waals surface area contributed by atoms with Crippen molar-refractivity contribution < 1.29 is 0 Å². The first-order valence-electron chi connectivity index (χ1n) is 5.93. The Morgan fingerprint density at radius 3 is 3.18 bits per heavy atom. The van der Waals surface area contributed by atoms with E-state index in [9.17, 15) is 0 Å². The highest BCUT2D eigenvalue weighted by Crippen LogP contribution is 2.25. The topological polar surface area (TPSA) is 58.0 Å². The van der Waals surface area contributed by atoms with Gasteiger partial charge in [-0.25, -0.2) is 9.97 Å². The third-order valence-corrected chi connectivity index (χ3v) is 3.55. The highest BCUT2D eigenvalue weighted by molar-refractivity contribution is 5.74. The van der Waals surface area contributed by atoms with E-state index < -0.39 is 0 Å². The van der Waals surface area contributed by atoms with Crippen LogP contribution in [0.2, 0.25) is 0 Å². The van der Waals surface area contributed by atoms with E-state index in [-0.39, 0.29) is 0 Å². The van der Waals surface area contributed by atoms with E-state index in [1.165, 1.54) is 12.1 Å². The van der Waals surface area contributed by atoms with Gasteiger partial charge in [0, 0.05) is 30.6 Å². The van der Waals surface area contributed by atoms with Gasteiger partial charge in [0.05, 0.1) is 11.7 Å². The fraction of sp³-hybridized carbons (Fsp3) is 0.333. The lowest BCUT2D eigenvalue weighted by atomic mass is 10.1. The predicted octanol–water partition coefficient (Wildman–Crippen LogP) is 1.29. The minimum atomic E-state index is 0.561. The molecule has 0 saturated carbocycles. The van der Waals surface area contributed by atoms with Crippen molar-refractivity contribution in [2.45, 2.75) is 12.3 Å². The van der Waals surface area contributed by atoms with Crippen LogP contribution in [0.15, 0.2) is 24.7 Å². The third-order valence-electron chi connectivity index (χ3n) is 3.55. The SMILES string of the molecule is c1cc2c(ncc3ncc(C4CCNC4)n32)[nH]1. The molecule has 86 valence electrons. The van der Waals surface area contributed by atoms with Gasteiger partial charge in [0.15, 0.2) is 11.3 Å². The molecule has 0 radical (unpaired) electrons. The number of nitrogens with one attached hydrogen (secondary N) is 2. The van der Waals surface area contributed by atoms with E-state index >= 15 is 0 Å². The average molecular weight is 227 g/mol. The van der Waals surface area contributed by atoms with Crippen molar-refractivity contribution in [3.63, 3.8) is 0 Å². The van der Waals surface area contributed by atoms with Crippen LogP contribution in [0.3, 0.4) is 0 Å². The number of H-pyrrole nitrogens is 1. The van der Waals surface area contributed by atoms with Gasteiger partial charge in [-0.3, -0.25) is 4.40 Å². The molecular weight excluding hydrogens is 214 g/mol. The molecule has 1 saturated heterocycles. The molecule has 0 amide bonds. The van der Waals surface area contributed by atoms with Gasteiger partial charge in [0.1, 0.15) is 0 Å². The van der Waals surface area contributed by atoms with Crippen molar-refractivity contribution in [3.8, 4) is 0 Å². The zero-order chi connectivity index (χ0) is 11.2. The van der Waals surface area contributed by atoms with Crippen LogP contribution in [-0.4, -0.2) is 32.4 Å². The highest BCUT2D eigenvalue weighted by Gasteiger charge is 2.21. The number of hydrogen-bond donors (Lipinski definition) is 2. The lowest BCUT2D eigenvalue weighted by molar-refractivity contribution is 0.731. The molecule has 0 aliphatic carbocycles. The largest absolute Gasteiger partial charge is 0.345 e. The second-order valence-electron chi connectivity index (χ2n) is 4.54. The van der Waals surface area contributed by atoms with Crippen LogP contribution in [-0.2, 0) is 0 Å². The summed E-state index contributed by atoms with van der Waals surface area (Å²) in [6.45, 7) is 2.14. The molecule has 4 heterocycles. The van der Waals surface area contributed by atoms with Crippen molar-refractivity contribution in [1.29, 1.82) is 0 Å². The van der Waals surface area contributed by atoms with Gasteiger partial charge < -0.3 is 10.3 Å². The van der Waals surface area contributed by atoms with Gasteiger partial charge in [-0.15, -0.1) is 0 Å². The van der Waals surface area contributed by atoms with Gasteiger partial charge in [0.25, 0.3) is 0 Å². The molecule has 0 spiro atoms. The number of hydrogen-bond acceptors (Lipinski definition) is 3. The van der Waals surface area contributed by atoms with Gasteiger partial charge in [0.2, 0.25) is 0 Å². The van der Waals surface area contributed by atoms with E-state index in [0.29, 0.717) is 5.92 Å². The summed E-state index contributed by atoms with van der Waals surface area (Å²) in [4.78, 5) is 12.0. The standard InChI is InChI=1S/C12H13N5/c1-3-13-5-8(1)10-6-15-11-7-16-12-9(17(10)11)2-4-14-12/h2,4,6-8,13-14H,1,3,5H2. The molecule has 3 aromatic rings. The lowest BCUT2D eigenvalue weighted by Crippen LogP contribution is -2.09. The molecule has 3 aromatic heterocycles. The summed E-state index contributed by atoms with van der Waals surface area (Å²) in [6.07, 6.45) is 6.92. The van der Waals surface area contributed by atoms with Crippen LogP contribution in [0.25, 0.3) is 16.8 Å². The van der Waals surface area contributed by atoms with Gasteiger partial charge in [-0.2, -0.15) is 0 Å². The Balaban J connectivity index is 2.05. The van der Waals surface area contributed by atoms with Crippen molar-refractivity contribution in [1.82, 2.24) is 24.7 Å². The number of fused-ring (bicyclic) bond motifs is 3. The molecule has 1 aliphatic heterocycles. The van der Waals surface area contributed by atoms with Gasteiger partial charge in [-0.05, 0) is 19.0 Å². The summed E-state index contributed by atoms with van der Waals surface area (Å²) < 4.78 is 2.22. The third kappa shape index (κ3) is 1.23. The summed E-state index contributed by atoms with van der Waals surface area (Å²) in [5, 5.41) is 3.40. The summed E-state index contributed by atoms with van der Waals surface area (Å²) in [5.74, 6) is 0.561. The maximum absolute atomic E-state index is 4.45. The average Bonchev–Trinajstić information content (AvgIpc) is 3.08. The van der Waals surface area contributed by atoms with Crippen molar-refractivity contribution in [2.75, 3.05) is 13.1 Å². The molecule has 0 aromatic carbocycles. The van der Waals surface area contributed by atoms with Crippen LogP contribution in [0, 0.1) is 0 Å². The maximum atomic E-state index is 4.45. The molecule has 17 heavy (non-hydrogen) atoms. The van der Waals surface area contributed by atoms with Crippen LogP contribution in [0.5, 0.6) is 0 Å². The van der Waals surface area contributed by atoms with Gasteiger partial charge in [-0.1, -0.05) is 0 Å². The molecule has 2 N–H and O–H groups in total. The van der Waals surface area contributed by atoms with E-state index in [1.54, 1.807) is 0 Å². The Hall–Kier alpha value is -1.88. The molecule has 5 heteroatoms. The number of aromatic nitrogens is 4. The number of rotatable bonds is 1. The fourth-order valence-corrected chi connectivity index (χ4v) is 2.69. The quantitative estimate of drug-likeness (QED) is 0.658. The minimum Gasteiger partial charge on any atom is -0.345 e. The molecule has 5 nitrogen and oxygen atoms in total. The second-order valence-corrected chi connectivity index (χ2v) is 4.54. The molecule has 4 rings (SSSR count). The lowest BCUT2D eigenvalue weighted by Gasteiger charge is -2.08. The number of imidazole rings is 1. The summed E-state index contributed by atoms with van der Waals surface area (Å²) in [5.41, 5.74) is 4.25. The Labute approximate surface area is 97.9 Å². The molecule has 1 unspecified atom stereocenters. The highest BCUT2D eigenvalue weighted by atomic mass is 15.1. The van der Waals surface area contributed by atoms with Crippen LogP contribution in [0.1, 0.15) is 18.0 Å². The van der Waals surface area contributed by atoms with Crippen LogP contribution >= 0.6 is 0 Å². The predicted molar refractivity (Wildman–Crippen MR) is 65.1 cm³/mol. The van der Waals surface area contributed by atoms with Crippen molar-refractivity contribution in [2.24, 2.45) is 0 Å². The molecule has 1 fully saturated rings. The van der Waals surface area contributed by atoms with Crippen molar-refractivity contribution in [3.05, 3.63) is 30.4 Å². The molecule has 0 bridgehead atoms. The Kier molecular flexibility index (Phi) is 1.78. The number of aromatic amines is 1. The van der Waals surface area contributed by atoms with Crippen LogP contribution < -0.4 is 5.32 Å². The normalized spacial score (nSPS) is 20.6. The van der Waals surface area contributed by atoms with Crippen LogP contribution in [0.4, 0.5) is 0 Å². The zero-order valence-corrected chi connectivity index (χ0v) is 9.35. The first-order chi connectivity index (χ1) is 8.43. The molecule has 1 atom stereocenters. The van der Waals surface area contributed by atoms with E-state index in [1.807, 2.05) is 18.6 Å². The van der Waals surface area contributed by atoms with Crippen molar-refractivity contribution >= 4 is 16.8 Å². The summed E-state index contributed by atoms with van der Waals surface area (Å²) >= 11 is 0. The first kappa shape index (κ1) is 9.18. The Morgan fingerprint density at radius 2 is 2.29 bits per heavy atom. The van der Waals surface area contributed by atoms with E-state index in [4.69, 9.17) is 0 Å². The van der Waals surface area contributed by atoms with E-state index in [0.717, 1.165) is 29.9 Å². The zero-order valence-electron chi connectivity index (χ0n) is 9.35. The first-order valence-corrected chi connectivity index (χ1v) is 5.93. The Bertz CT molecular complexity index is 674. The minimum absolute atomic E-state index is 0.561. The monoisotopic (exact) mass is 227 g/mol. The van der Waals surface area contributed by atoms with Gasteiger partial charge >= 0.3 is 0 Å². The Morgan fingerprint density at radius 1 is 1.29 bits per heavy atom. The smallest absolute Gasteiger partial charge is 0.156 e. The summed E-state index contributed by atoms with van der Waals surface area (Å²) in [6, 6.07) is 2.06. The molecule has 1 aliphatic rings.